The highest BCUT2D eigenvalue weighted by Gasteiger charge is 2.31. The van der Waals surface area contributed by atoms with E-state index in [4.69, 9.17) is 11.6 Å². The number of nitrogens with zero attached hydrogens (tertiary/aromatic N) is 2. The average molecular weight is 253 g/mol. The van der Waals surface area contributed by atoms with Crippen LogP contribution < -0.4 is 4.90 Å². The Morgan fingerprint density at radius 2 is 1.88 bits per heavy atom. The SMILES string of the molecule is Cc1ccc(N2CCN(C)C(=O)C2=O)cc1Cl. The molecule has 4 nitrogen and oxygen atoms in total. The van der Waals surface area contributed by atoms with Gasteiger partial charge in [-0.25, -0.2) is 0 Å². The van der Waals surface area contributed by atoms with Crippen molar-refractivity contribution in [2.75, 3.05) is 25.0 Å². The van der Waals surface area contributed by atoms with E-state index in [1.807, 2.05) is 13.0 Å². The molecule has 1 heterocycles. The second kappa shape index (κ2) is 4.37. The number of aryl methyl sites for hydroxylation is 1. The Balaban J connectivity index is 2.31. The van der Waals surface area contributed by atoms with E-state index in [0.717, 1.165) is 5.56 Å². The van der Waals surface area contributed by atoms with Crippen LogP contribution in [0.25, 0.3) is 0 Å². The van der Waals surface area contributed by atoms with Crippen LogP contribution in [-0.2, 0) is 9.59 Å². The van der Waals surface area contributed by atoms with Gasteiger partial charge in [-0.05, 0) is 24.6 Å². The van der Waals surface area contributed by atoms with Crippen LogP contribution in [0.5, 0.6) is 0 Å². The number of benzene rings is 1. The maximum atomic E-state index is 11.8. The van der Waals surface area contributed by atoms with E-state index < -0.39 is 11.8 Å². The molecule has 1 saturated heterocycles. The Hall–Kier alpha value is -1.55. The van der Waals surface area contributed by atoms with E-state index in [0.29, 0.717) is 23.8 Å². The van der Waals surface area contributed by atoms with Gasteiger partial charge in [0.25, 0.3) is 0 Å². The van der Waals surface area contributed by atoms with Crippen LogP contribution in [0.15, 0.2) is 18.2 Å². The minimum Gasteiger partial charge on any atom is -0.336 e. The van der Waals surface area contributed by atoms with Gasteiger partial charge >= 0.3 is 11.8 Å². The first-order chi connectivity index (χ1) is 8.00. The predicted molar refractivity (Wildman–Crippen MR) is 66.2 cm³/mol. The van der Waals surface area contributed by atoms with Crippen molar-refractivity contribution in [3.05, 3.63) is 28.8 Å². The lowest BCUT2D eigenvalue weighted by Crippen LogP contribution is -2.53. The molecule has 0 unspecified atom stereocenters. The Morgan fingerprint density at radius 1 is 1.18 bits per heavy atom. The molecule has 0 aliphatic carbocycles. The van der Waals surface area contributed by atoms with Crippen molar-refractivity contribution >= 4 is 29.1 Å². The molecular formula is C12H13ClN2O2. The van der Waals surface area contributed by atoms with Gasteiger partial charge in [-0.2, -0.15) is 0 Å². The summed E-state index contributed by atoms with van der Waals surface area (Å²) in [5, 5.41) is 0.599. The smallest absolute Gasteiger partial charge is 0.316 e. The van der Waals surface area contributed by atoms with E-state index >= 15 is 0 Å². The van der Waals surface area contributed by atoms with Crippen molar-refractivity contribution in [1.29, 1.82) is 0 Å². The molecule has 2 amide bonds. The second-order valence-electron chi connectivity index (χ2n) is 4.12. The summed E-state index contributed by atoms with van der Waals surface area (Å²) in [6.45, 7) is 2.93. The zero-order valence-corrected chi connectivity index (χ0v) is 10.5. The summed E-state index contributed by atoms with van der Waals surface area (Å²) in [6, 6.07) is 5.36. The molecule has 0 bridgehead atoms. The fraction of sp³-hybridized carbons (Fsp3) is 0.333. The summed E-state index contributed by atoms with van der Waals surface area (Å²) in [5.74, 6) is -0.980. The molecule has 0 saturated carbocycles. The first kappa shape index (κ1) is 11.9. The third-order valence-corrected chi connectivity index (χ3v) is 3.31. The maximum absolute atomic E-state index is 11.8. The average Bonchev–Trinajstić information content (AvgIpc) is 2.30. The highest BCUT2D eigenvalue weighted by molar-refractivity contribution is 6.41. The van der Waals surface area contributed by atoms with Crippen LogP contribution in [0.4, 0.5) is 5.69 Å². The number of carbonyl (C=O) groups is 2. The van der Waals surface area contributed by atoms with E-state index in [1.165, 1.54) is 9.80 Å². The molecule has 90 valence electrons. The standard InChI is InChI=1S/C12H13ClN2O2/c1-8-3-4-9(7-10(8)13)15-6-5-14(2)11(16)12(15)17/h3-4,7H,5-6H2,1-2H3. The van der Waals surface area contributed by atoms with Gasteiger partial charge in [0.05, 0.1) is 0 Å². The van der Waals surface area contributed by atoms with Crippen molar-refractivity contribution in [2.24, 2.45) is 0 Å². The number of likely N-dealkylation sites (N-methyl/N-ethyl adjacent to an activating group) is 1. The molecule has 1 aliphatic heterocycles. The minimum absolute atomic E-state index is 0.479. The molecule has 17 heavy (non-hydrogen) atoms. The lowest BCUT2D eigenvalue weighted by atomic mass is 10.2. The third kappa shape index (κ3) is 2.13. The number of anilines is 1. The van der Waals surface area contributed by atoms with Crippen LogP contribution in [0.3, 0.4) is 0 Å². The van der Waals surface area contributed by atoms with Crippen LogP contribution in [0.2, 0.25) is 5.02 Å². The molecule has 1 aliphatic rings. The van der Waals surface area contributed by atoms with Gasteiger partial charge in [-0.15, -0.1) is 0 Å². The summed E-state index contributed by atoms with van der Waals surface area (Å²) in [5.41, 5.74) is 1.62. The van der Waals surface area contributed by atoms with Crippen molar-refractivity contribution in [2.45, 2.75) is 6.92 Å². The molecule has 5 heteroatoms. The van der Waals surface area contributed by atoms with Crippen molar-refractivity contribution < 1.29 is 9.59 Å². The first-order valence-corrected chi connectivity index (χ1v) is 5.71. The topological polar surface area (TPSA) is 40.6 Å². The van der Waals surface area contributed by atoms with Crippen molar-refractivity contribution in [3.8, 4) is 0 Å². The number of amides is 2. The fourth-order valence-corrected chi connectivity index (χ4v) is 1.90. The predicted octanol–water partition coefficient (Wildman–Crippen LogP) is 1.45. The molecule has 0 aromatic heterocycles. The number of carbonyl (C=O) groups excluding carboxylic acids is 2. The molecular weight excluding hydrogens is 240 g/mol. The summed E-state index contributed by atoms with van der Waals surface area (Å²) in [7, 11) is 1.62. The van der Waals surface area contributed by atoms with Crippen LogP contribution in [-0.4, -0.2) is 36.9 Å². The Kier molecular flexibility index (Phi) is 3.07. The lowest BCUT2D eigenvalue weighted by Gasteiger charge is -2.31. The Morgan fingerprint density at radius 3 is 2.53 bits per heavy atom. The van der Waals surface area contributed by atoms with Gasteiger partial charge in [0.15, 0.2) is 0 Å². The van der Waals surface area contributed by atoms with Gasteiger partial charge in [-0.1, -0.05) is 17.7 Å². The lowest BCUT2D eigenvalue weighted by molar-refractivity contribution is -0.145. The van der Waals surface area contributed by atoms with Gasteiger partial charge in [-0.3, -0.25) is 9.59 Å². The molecule has 0 spiro atoms. The highest BCUT2D eigenvalue weighted by atomic mass is 35.5. The van der Waals surface area contributed by atoms with E-state index in [2.05, 4.69) is 0 Å². The second-order valence-corrected chi connectivity index (χ2v) is 4.52. The normalized spacial score (nSPS) is 16.6. The van der Waals surface area contributed by atoms with Gasteiger partial charge < -0.3 is 9.80 Å². The molecule has 0 radical (unpaired) electrons. The molecule has 0 N–H and O–H groups in total. The molecule has 1 aromatic carbocycles. The molecule has 1 fully saturated rings. The quantitative estimate of drug-likeness (QED) is 0.710. The Labute approximate surface area is 105 Å². The number of rotatable bonds is 1. The monoisotopic (exact) mass is 252 g/mol. The fourth-order valence-electron chi connectivity index (χ4n) is 1.73. The zero-order chi connectivity index (χ0) is 12.6. The summed E-state index contributed by atoms with van der Waals surface area (Å²) >= 11 is 6.01. The molecule has 2 rings (SSSR count). The van der Waals surface area contributed by atoms with E-state index in [1.54, 1.807) is 19.2 Å². The summed E-state index contributed by atoms with van der Waals surface area (Å²) in [6.07, 6.45) is 0. The summed E-state index contributed by atoms with van der Waals surface area (Å²) in [4.78, 5) is 26.3. The largest absolute Gasteiger partial charge is 0.336 e. The zero-order valence-electron chi connectivity index (χ0n) is 9.74. The number of halogens is 1. The minimum atomic E-state index is -0.501. The Bertz CT molecular complexity index is 487. The van der Waals surface area contributed by atoms with Gasteiger partial charge in [0.2, 0.25) is 0 Å². The highest BCUT2D eigenvalue weighted by Crippen LogP contribution is 2.24. The molecule has 0 atom stereocenters. The number of hydrogen-bond acceptors (Lipinski definition) is 2. The van der Waals surface area contributed by atoms with Gasteiger partial charge in [0, 0.05) is 30.8 Å². The van der Waals surface area contributed by atoms with Crippen LogP contribution >= 0.6 is 11.6 Å². The number of hydrogen-bond donors (Lipinski definition) is 0. The van der Waals surface area contributed by atoms with Crippen LogP contribution in [0.1, 0.15) is 5.56 Å². The number of piperazine rings is 1. The van der Waals surface area contributed by atoms with Gasteiger partial charge in [0.1, 0.15) is 0 Å². The van der Waals surface area contributed by atoms with Crippen molar-refractivity contribution in [1.82, 2.24) is 4.90 Å². The molecule has 1 aromatic rings. The first-order valence-electron chi connectivity index (χ1n) is 5.34. The van der Waals surface area contributed by atoms with Crippen LogP contribution in [0, 0.1) is 6.92 Å². The maximum Gasteiger partial charge on any atom is 0.316 e. The summed E-state index contributed by atoms with van der Waals surface area (Å²) < 4.78 is 0. The van der Waals surface area contributed by atoms with Crippen molar-refractivity contribution in [3.63, 3.8) is 0 Å². The third-order valence-electron chi connectivity index (χ3n) is 2.90. The van der Waals surface area contributed by atoms with E-state index in [-0.39, 0.29) is 0 Å². The van der Waals surface area contributed by atoms with E-state index in [9.17, 15) is 9.59 Å².